The van der Waals surface area contributed by atoms with Gasteiger partial charge in [-0.1, -0.05) is 45.0 Å². The molecule has 0 saturated carbocycles. The van der Waals surface area contributed by atoms with Crippen molar-refractivity contribution in [2.24, 2.45) is 5.73 Å². The fourth-order valence-electron chi connectivity index (χ4n) is 2.43. The van der Waals surface area contributed by atoms with Gasteiger partial charge >= 0.3 is 0 Å². The Balaban J connectivity index is 2.12. The highest BCUT2D eigenvalue weighted by Crippen LogP contribution is 2.32. The third-order valence-electron chi connectivity index (χ3n) is 4.07. The van der Waals surface area contributed by atoms with Crippen molar-refractivity contribution in [3.8, 4) is 0 Å². The van der Waals surface area contributed by atoms with Crippen molar-refractivity contribution in [1.29, 1.82) is 0 Å². The zero-order valence-electron chi connectivity index (χ0n) is 15.3. The number of hydrogen-bond donors (Lipinski definition) is 2. The van der Waals surface area contributed by atoms with Crippen LogP contribution in [0.2, 0.25) is 0 Å². The molecule has 0 radical (unpaired) electrons. The number of benzene rings is 1. The number of rotatable bonds is 4. The summed E-state index contributed by atoms with van der Waals surface area (Å²) in [4.78, 5) is 24.7. The quantitative estimate of drug-likeness (QED) is 0.796. The third kappa shape index (κ3) is 4.57. The fraction of sp³-hybridized carbons (Fsp3) is 0.300. The lowest BCUT2D eigenvalue weighted by molar-refractivity contribution is -0.111. The second-order valence-corrected chi connectivity index (χ2v) is 8.27. The van der Waals surface area contributed by atoms with Gasteiger partial charge in [0.05, 0.1) is 5.56 Å². The molecule has 2 amide bonds. The SMILES string of the molecule is Cc1sc(NC(=O)/C=C\c2ccc(C(C)(C)C)cc2)c(C(N)=O)c1C. The van der Waals surface area contributed by atoms with Crippen LogP contribution in [-0.4, -0.2) is 11.8 Å². The van der Waals surface area contributed by atoms with E-state index in [1.165, 1.54) is 23.0 Å². The van der Waals surface area contributed by atoms with Crippen molar-refractivity contribution >= 4 is 34.2 Å². The molecule has 0 unspecified atom stereocenters. The molecule has 1 aromatic carbocycles. The second kappa shape index (κ2) is 7.23. The Morgan fingerprint density at radius 3 is 2.24 bits per heavy atom. The minimum Gasteiger partial charge on any atom is -0.365 e. The van der Waals surface area contributed by atoms with Gasteiger partial charge in [-0.15, -0.1) is 11.3 Å². The smallest absolute Gasteiger partial charge is 0.251 e. The van der Waals surface area contributed by atoms with E-state index in [9.17, 15) is 9.59 Å². The van der Waals surface area contributed by atoms with E-state index in [2.05, 4.69) is 38.2 Å². The first kappa shape index (κ1) is 18.9. The van der Waals surface area contributed by atoms with Crippen LogP contribution in [0.3, 0.4) is 0 Å². The molecule has 0 aliphatic heterocycles. The van der Waals surface area contributed by atoms with Gasteiger partial charge < -0.3 is 11.1 Å². The van der Waals surface area contributed by atoms with E-state index in [4.69, 9.17) is 5.73 Å². The highest BCUT2D eigenvalue weighted by Gasteiger charge is 2.18. The van der Waals surface area contributed by atoms with Gasteiger partial charge in [0.2, 0.25) is 5.91 Å². The molecule has 1 aromatic heterocycles. The largest absolute Gasteiger partial charge is 0.365 e. The van der Waals surface area contributed by atoms with Crippen LogP contribution in [0.25, 0.3) is 6.08 Å². The Bertz CT molecular complexity index is 825. The Kier molecular flexibility index (Phi) is 5.48. The summed E-state index contributed by atoms with van der Waals surface area (Å²) >= 11 is 1.36. The summed E-state index contributed by atoms with van der Waals surface area (Å²) in [6.07, 6.45) is 3.21. The van der Waals surface area contributed by atoms with Crippen LogP contribution in [0.5, 0.6) is 0 Å². The molecule has 132 valence electrons. The average Bonchev–Trinajstić information content (AvgIpc) is 2.79. The first-order valence-corrected chi connectivity index (χ1v) is 8.90. The first-order valence-electron chi connectivity index (χ1n) is 8.09. The molecule has 5 heteroatoms. The van der Waals surface area contributed by atoms with E-state index in [0.717, 1.165) is 16.0 Å². The van der Waals surface area contributed by atoms with Crippen molar-refractivity contribution in [3.63, 3.8) is 0 Å². The number of anilines is 1. The lowest BCUT2D eigenvalue weighted by atomic mass is 9.87. The Morgan fingerprint density at radius 1 is 1.12 bits per heavy atom. The summed E-state index contributed by atoms with van der Waals surface area (Å²) in [6, 6.07) is 8.10. The minimum absolute atomic E-state index is 0.0969. The van der Waals surface area contributed by atoms with Gasteiger partial charge in [-0.2, -0.15) is 0 Å². The molecular weight excluding hydrogens is 332 g/mol. The summed E-state index contributed by atoms with van der Waals surface area (Å²) in [7, 11) is 0. The Labute approximate surface area is 152 Å². The van der Waals surface area contributed by atoms with Crippen LogP contribution < -0.4 is 11.1 Å². The number of aryl methyl sites for hydroxylation is 1. The summed E-state index contributed by atoms with van der Waals surface area (Å²) in [5.41, 5.74) is 8.90. The van der Waals surface area contributed by atoms with Gasteiger partial charge in [0.25, 0.3) is 5.91 Å². The van der Waals surface area contributed by atoms with Crippen molar-refractivity contribution in [2.75, 3.05) is 5.32 Å². The van der Waals surface area contributed by atoms with Crippen molar-refractivity contribution in [2.45, 2.75) is 40.0 Å². The molecule has 0 bridgehead atoms. The Morgan fingerprint density at radius 2 is 1.72 bits per heavy atom. The minimum atomic E-state index is -0.529. The first-order chi connectivity index (χ1) is 11.6. The standard InChI is InChI=1S/C20H24N2O2S/c1-12-13(2)25-19(17(12)18(21)24)22-16(23)11-8-14-6-9-15(10-7-14)20(3,4)5/h6-11H,1-5H3,(H2,21,24)(H,22,23)/b11-8-. The predicted molar refractivity (Wildman–Crippen MR) is 105 cm³/mol. The highest BCUT2D eigenvalue weighted by molar-refractivity contribution is 7.16. The molecule has 0 aliphatic carbocycles. The molecule has 2 rings (SSSR count). The van der Waals surface area contributed by atoms with Crippen LogP contribution in [-0.2, 0) is 10.2 Å². The molecule has 3 N–H and O–H groups in total. The molecule has 25 heavy (non-hydrogen) atoms. The number of hydrogen-bond acceptors (Lipinski definition) is 3. The van der Waals surface area contributed by atoms with Crippen LogP contribution in [0.15, 0.2) is 30.3 Å². The van der Waals surface area contributed by atoms with E-state index in [0.29, 0.717) is 10.6 Å². The van der Waals surface area contributed by atoms with Crippen molar-refractivity contribution in [3.05, 3.63) is 57.5 Å². The lowest BCUT2D eigenvalue weighted by Gasteiger charge is -2.18. The molecule has 0 spiro atoms. The highest BCUT2D eigenvalue weighted by atomic mass is 32.1. The number of thiophene rings is 1. The molecule has 2 aromatic rings. The fourth-order valence-corrected chi connectivity index (χ4v) is 3.50. The second-order valence-electron chi connectivity index (χ2n) is 7.05. The van der Waals surface area contributed by atoms with Crippen LogP contribution >= 0.6 is 11.3 Å². The number of nitrogens with two attached hydrogens (primary N) is 1. The van der Waals surface area contributed by atoms with E-state index in [1.54, 1.807) is 6.08 Å². The Hall–Kier alpha value is -2.40. The third-order valence-corrected chi connectivity index (χ3v) is 5.19. The van der Waals surface area contributed by atoms with Crippen molar-refractivity contribution < 1.29 is 9.59 Å². The summed E-state index contributed by atoms with van der Waals surface area (Å²) in [5, 5.41) is 3.25. The maximum absolute atomic E-state index is 12.2. The summed E-state index contributed by atoms with van der Waals surface area (Å²) < 4.78 is 0. The average molecular weight is 356 g/mol. The van der Waals surface area contributed by atoms with E-state index < -0.39 is 5.91 Å². The van der Waals surface area contributed by atoms with Crippen LogP contribution in [0.1, 0.15) is 52.7 Å². The molecule has 1 heterocycles. The summed E-state index contributed by atoms with van der Waals surface area (Å²) in [5.74, 6) is -0.817. The van der Waals surface area contributed by atoms with Gasteiger partial charge in [-0.3, -0.25) is 9.59 Å². The maximum Gasteiger partial charge on any atom is 0.251 e. The number of carbonyl (C=O) groups excluding carboxylic acids is 2. The molecule has 0 aliphatic rings. The zero-order chi connectivity index (χ0) is 18.8. The van der Waals surface area contributed by atoms with Gasteiger partial charge in [0.1, 0.15) is 5.00 Å². The summed E-state index contributed by atoms with van der Waals surface area (Å²) in [6.45, 7) is 10.2. The predicted octanol–water partition coefficient (Wildman–Crippen LogP) is 4.41. The number of primary amides is 1. The normalized spacial score (nSPS) is 11.7. The molecule has 0 atom stereocenters. The van der Waals surface area contributed by atoms with Crippen LogP contribution in [0, 0.1) is 13.8 Å². The van der Waals surface area contributed by atoms with Gasteiger partial charge in [0.15, 0.2) is 0 Å². The van der Waals surface area contributed by atoms with E-state index >= 15 is 0 Å². The molecule has 0 saturated heterocycles. The number of nitrogens with one attached hydrogen (secondary N) is 1. The zero-order valence-corrected chi connectivity index (χ0v) is 16.1. The van der Waals surface area contributed by atoms with Gasteiger partial charge in [0, 0.05) is 11.0 Å². The molecular formula is C20H24N2O2S. The molecule has 4 nitrogen and oxygen atoms in total. The number of carbonyl (C=O) groups is 2. The van der Waals surface area contributed by atoms with E-state index in [1.807, 2.05) is 26.0 Å². The maximum atomic E-state index is 12.2. The van der Waals surface area contributed by atoms with Gasteiger partial charge in [-0.05, 0) is 42.0 Å². The lowest BCUT2D eigenvalue weighted by Crippen LogP contribution is -2.16. The topological polar surface area (TPSA) is 72.2 Å². The van der Waals surface area contributed by atoms with Crippen molar-refractivity contribution in [1.82, 2.24) is 0 Å². The monoisotopic (exact) mass is 356 g/mol. The van der Waals surface area contributed by atoms with Gasteiger partial charge in [-0.25, -0.2) is 0 Å². The number of amides is 2. The van der Waals surface area contributed by atoms with E-state index in [-0.39, 0.29) is 11.3 Å². The molecule has 0 fully saturated rings. The van der Waals surface area contributed by atoms with Crippen LogP contribution in [0.4, 0.5) is 5.00 Å².